The molecule has 1 aliphatic rings. The van der Waals surface area contributed by atoms with Crippen molar-refractivity contribution in [2.75, 3.05) is 27.4 Å². The fourth-order valence-corrected chi connectivity index (χ4v) is 3.19. The monoisotopic (exact) mass is 423 g/mol. The van der Waals surface area contributed by atoms with Crippen molar-refractivity contribution < 1.29 is 38.1 Å². The number of rotatable bonds is 8. The molecule has 0 bridgehead atoms. The van der Waals surface area contributed by atoms with Gasteiger partial charge in [-0.15, -0.1) is 0 Å². The predicted molar refractivity (Wildman–Crippen MR) is 104 cm³/mol. The van der Waals surface area contributed by atoms with Gasteiger partial charge in [-0.2, -0.15) is 0 Å². The van der Waals surface area contributed by atoms with Gasteiger partial charge in [0.05, 0.1) is 25.2 Å². The molecular weight excluding hydrogens is 402 g/mol. The van der Waals surface area contributed by atoms with Gasteiger partial charge in [-0.05, 0) is 37.8 Å². The minimum atomic E-state index is -0.674. The van der Waals surface area contributed by atoms with Gasteiger partial charge in [0, 0.05) is 5.56 Å². The first-order chi connectivity index (χ1) is 13.8. The van der Waals surface area contributed by atoms with Crippen LogP contribution in [0.3, 0.4) is 0 Å². The summed E-state index contributed by atoms with van der Waals surface area (Å²) in [5, 5.41) is -0.582. The zero-order chi connectivity index (χ0) is 21.6. The summed E-state index contributed by atoms with van der Waals surface area (Å²) >= 11 is 0.691. The van der Waals surface area contributed by atoms with Crippen molar-refractivity contribution in [3.8, 4) is 11.5 Å². The third-order valence-corrected chi connectivity index (χ3v) is 4.51. The Hall–Kier alpha value is -3.01. The van der Waals surface area contributed by atoms with E-state index in [9.17, 15) is 19.2 Å². The molecule has 0 spiro atoms. The summed E-state index contributed by atoms with van der Waals surface area (Å²) in [5.41, 5.74) is 0.420. The lowest BCUT2D eigenvalue weighted by Crippen LogP contribution is -2.35. The van der Waals surface area contributed by atoms with E-state index in [4.69, 9.17) is 14.2 Å². The molecule has 1 heterocycles. The zero-order valence-corrected chi connectivity index (χ0v) is 17.2. The minimum Gasteiger partial charge on any atom is -0.493 e. The maximum atomic E-state index is 12.6. The summed E-state index contributed by atoms with van der Waals surface area (Å²) in [6.07, 6.45) is 1.08. The second-order valence-corrected chi connectivity index (χ2v) is 7.04. The molecule has 1 saturated heterocycles. The third-order valence-electron chi connectivity index (χ3n) is 3.61. The largest absolute Gasteiger partial charge is 0.493 e. The molecule has 29 heavy (non-hydrogen) atoms. The van der Waals surface area contributed by atoms with E-state index in [1.54, 1.807) is 32.0 Å². The van der Waals surface area contributed by atoms with Crippen molar-refractivity contribution in [3.05, 3.63) is 28.7 Å². The first-order valence-electron chi connectivity index (χ1n) is 8.58. The van der Waals surface area contributed by atoms with Crippen LogP contribution in [0.15, 0.2) is 23.1 Å². The van der Waals surface area contributed by atoms with E-state index in [0.29, 0.717) is 23.1 Å². The van der Waals surface area contributed by atoms with E-state index >= 15 is 0 Å². The predicted octanol–water partition coefficient (Wildman–Crippen LogP) is 2.23. The van der Waals surface area contributed by atoms with Gasteiger partial charge in [0.2, 0.25) is 0 Å². The Balaban J connectivity index is 2.27. The highest BCUT2D eigenvalue weighted by atomic mass is 32.2. The molecule has 0 saturated carbocycles. The summed E-state index contributed by atoms with van der Waals surface area (Å²) in [6.45, 7) is 2.51. The van der Waals surface area contributed by atoms with Crippen molar-refractivity contribution in [1.29, 1.82) is 0 Å². The van der Waals surface area contributed by atoms with Gasteiger partial charge < -0.3 is 18.9 Å². The number of thioether (sulfide) groups is 1. The molecule has 0 aliphatic carbocycles. The lowest BCUT2D eigenvalue weighted by Gasteiger charge is -2.14. The van der Waals surface area contributed by atoms with Gasteiger partial charge in [0.1, 0.15) is 6.54 Å². The first-order valence-corrected chi connectivity index (χ1v) is 9.40. The number of hydrogen-bond acceptors (Lipinski definition) is 9. The van der Waals surface area contributed by atoms with Gasteiger partial charge in [-0.1, -0.05) is 12.1 Å². The third kappa shape index (κ3) is 5.74. The van der Waals surface area contributed by atoms with Gasteiger partial charge in [-0.3, -0.25) is 19.3 Å². The smallest absolute Gasteiger partial charge is 0.343 e. The summed E-state index contributed by atoms with van der Waals surface area (Å²) < 4.78 is 20.3. The lowest BCUT2D eigenvalue weighted by molar-refractivity contribution is -0.149. The number of carbonyl (C=O) groups excluding carboxylic acids is 4. The number of nitrogens with zero attached hydrogens (tertiary/aromatic N) is 1. The van der Waals surface area contributed by atoms with Gasteiger partial charge in [0.15, 0.2) is 18.1 Å². The quantitative estimate of drug-likeness (QED) is 0.459. The van der Waals surface area contributed by atoms with E-state index in [2.05, 4.69) is 4.74 Å². The summed E-state index contributed by atoms with van der Waals surface area (Å²) in [5.74, 6) is -1.34. The minimum absolute atomic E-state index is 0.100. The average molecular weight is 423 g/mol. The fourth-order valence-electron chi connectivity index (χ4n) is 2.36. The Kier molecular flexibility index (Phi) is 7.66. The first kappa shape index (κ1) is 22.3. The number of esters is 2. The van der Waals surface area contributed by atoms with Gasteiger partial charge in [-0.25, -0.2) is 4.79 Å². The normalized spacial score (nSPS) is 15.1. The zero-order valence-electron chi connectivity index (χ0n) is 16.4. The summed E-state index contributed by atoms with van der Waals surface area (Å²) in [4.78, 5) is 48.9. The van der Waals surface area contributed by atoms with Crippen LogP contribution in [0, 0.1) is 0 Å². The van der Waals surface area contributed by atoms with E-state index in [1.807, 2.05) is 0 Å². The molecule has 0 radical (unpaired) electrons. The maximum absolute atomic E-state index is 12.6. The number of para-hydroxylation sites is 1. The van der Waals surface area contributed by atoms with Crippen molar-refractivity contribution in [2.24, 2.45) is 0 Å². The number of ether oxygens (including phenoxy) is 4. The van der Waals surface area contributed by atoms with E-state index < -0.39 is 29.6 Å². The molecule has 9 nitrogen and oxygen atoms in total. The lowest BCUT2D eigenvalue weighted by atomic mass is 10.1. The standard InChI is InChI=1S/C19H21NO8S/c1-11(2)28-15(21)9-20-18(23)14(29-19(20)24)8-12-6-5-7-13(25-3)17(12)27-10-16(22)26-4/h5-8,11H,9-10H2,1-4H3/b14-8+. The second-order valence-electron chi connectivity index (χ2n) is 6.05. The van der Waals surface area contributed by atoms with Crippen molar-refractivity contribution in [3.63, 3.8) is 0 Å². The molecule has 1 aromatic rings. The number of imide groups is 1. The van der Waals surface area contributed by atoms with Gasteiger partial charge >= 0.3 is 11.9 Å². The number of methoxy groups -OCH3 is 2. The van der Waals surface area contributed by atoms with Crippen LogP contribution in [0.2, 0.25) is 0 Å². The van der Waals surface area contributed by atoms with E-state index in [1.165, 1.54) is 20.3 Å². The van der Waals surface area contributed by atoms with Crippen LogP contribution in [0.25, 0.3) is 6.08 Å². The number of amides is 2. The molecule has 2 amide bonds. The highest BCUT2D eigenvalue weighted by molar-refractivity contribution is 8.18. The molecule has 0 atom stereocenters. The summed E-state index contributed by atoms with van der Waals surface area (Å²) in [6, 6.07) is 4.92. The topological polar surface area (TPSA) is 108 Å². The van der Waals surface area contributed by atoms with Crippen LogP contribution in [0.5, 0.6) is 11.5 Å². The van der Waals surface area contributed by atoms with Crippen LogP contribution in [0.4, 0.5) is 4.79 Å². The van der Waals surface area contributed by atoms with Crippen molar-refractivity contribution in [1.82, 2.24) is 4.90 Å². The van der Waals surface area contributed by atoms with Crippen molar-refractivity contribution in [2.45, 2.75) is 20.0 Å². The number of benzene rings is 1. The second kappa shape index (κ2) is 9.97. The molecule has 156 valence electrons. The van der Waals surface area contributed by atoms with Crippen LogP contribution in [-0.4, -0.2) is 61.5 Å². The molecule has 0 N–H and O–H groups in total. The number of hydrogen-bond donors (Lipinski definition) is 0. The summed E-state index contributed by atoms with van der Waals surface area (Å²) in [7, 11) is 2.66. The van der Waals surface area contributed by atoms with Crippen LogP contribution in [-0.2, 0) is 23.9 Å². The molecule has 0 aromatic heterocycles. The highest BCUT2D eigenvalue weighted by Crippen LogP contribution is 2.37. The van der Waals surface area contributed by atoms with E-state index in [0.717, 1.165) is 4.90 Å². The fraction of sp³-hybridized carbons (Fsp3) is 0.368. The Morgan fingerprint density at radius 1 is 1.17 bits per heavy atom. The van der Waals surface area contributed by atoms with Crippen LogP contribution in [0.1, 0.15) is 19.4 Å². The molecular formula is C19H21NO8S. The Morgan fingerprint density at radius 2 is 1.90 bits per heavy atom. The van der Waals surface area contributed by atoms with Crippen molar-refractivity contribution >= 4 is 40.9 Å². The maximum Gasteiger partial charge on any atom is 0.343 e. The molecule has 2 rings (SSSR count). The molecule has 1 aromatic carbocycles. The molecule has 1 fully saturated rings. The Morgan fingerprint density at radius 3 is 2.52 bits per heavy atom. The Labute approximate surface area is 171 Å². The number of carbonyl (C=O) groups is 4. The highest BCUT2D eigenvalue weighted by Gasteiger charge is 2.37. The van der Waals surface area contributed by atoms with E-state index in [-0.39, 0.29) is 23.4 Å². The van der Waals surface area contributed by atoms with Gasteiger partial charge in [0.25, 0.3) is 11.1 Å². The average Bonchev–Trinajstić information content (AvgIpc) is 2.93. The van der Waals surface area contributed by atoms with Crippen LogP contribution >= 0.6 is 11.8 Å². The van der Waals surface area contributed by atoms with Crippen LogP contribution < -0.4 is 9.47 Å². The molecule has 0 unspecified atom stereocenters. The molecule has 10 heteroatoms. The molecule has 1 aliphatic heterocycles. The Bertz CT molecular complexity index is 849. The SMILES string of the molecule is COC(=O)COc1c(/C=C2/SC(=O)N(CC(=O)OC(C)C)C2=O)cccc1OC.